The lowest BCUT2D eigenvalue weighted by Crippen LogP contribution is -2.54. The standard InChI is InChI=1S/C35H39Cl2N5O4S.CH4/c1-5-46-30-15-10-26(35(2,3)23-38)22-29(30)33-39-31(24-6-11-27(36)12-7-24)32(25-8-13-28(37)14-9-25)42(33)34(43)41-18-16-40(17-19-41)20-21-47(4,44)45;/h6-15,22,31-32H,5,16-21H2,1-4H3;1H4/t31-,32+;/m0./s1. The van der Waals surface area contributed by atoms with Crippen molar-refractivity contribution in [2.75, 3.05) is 51.3 Å². The summed E-state index contributed by atoms with van der Waals surface area (Å²) in [6, 6.07) is 21.6. The van der Waals surface area contributed by atoms with E-state index in [1.807, 2.05) is 75.4 Å². The van der Waals surface area contributed by atoms with Gasteiger partial charge >= 0.3 is 6.03 Å². The predicted octanol–water partition coefficient (Wildman–Crippen LogP) is 7.16. The van der Waals surface area contributed by atoms with Crippen LogP contribution in [0.2, 0.25) is 10.0 Å². The van der Waals surface area contributed by atoms with Crippen molar-refractivity contribution in [2.45, 2.75) is 45.7 Å². The van der Waals surface area contributed by atoms with Crippen molar-refractivity contribution in [3.05, 3.63) is 99.0 Å². The Labute approximate surface area is 294 Å². The molecular weight excluding hydrogens is 669 g/mol. The van der Waals surface area contributed by atoms with E-state index >= 15 is 0 Å². The maximum atomic E-state index is 14.8. The van der Waals surface area contributed by atoms with E-state index in [0.29, 0.717) is 66.5 Å². The number of amides is 2. The molecule has 1 fully saturated rings. The summed E-state index contributed by atoms with van der Waals surface area (Å²) < 4.78 is 29.6. The van der Waals surface area contributed by atoms with Gasteiger partial charge in [0.05, 0.1) is 35.4 Å². The topological polar surface area (TPSA) is 106 Å². The molecule has 2 atom stereocenters. The fourth-order valence-electron chi connectivity index (χ4n) is 5.90. The Hall–Kier alpha value is -3.62. The van der Waals surface area contributed by atoms with E-state index in [4.69, 9.17) is 32.9 Å². The van der Waals surface area contributed by atoms with Gasteiger partial charge in [-0.3, -0.25) is 14.8 Å². The van der Waals surface area contributed by atoms with Crippen LogP contribution in [-0.2, 0) is 15.3 Å². The first-order valence-electron chi connectivity index (χ1n) is 15.6. The zero-order valence-electron chi connectivity index (χ0n) is 27.0. The van der Waals surface area contributed by atoms with Crippen LogP contribution >= 0.6 is 23.2 Å². The number of piperazine rings is 1. The summed E-state index contributed by atoms with van der Waals surface area (Å²) in [5.41, 5.74) is 2.30. The fourth-order valence-corrected chi connectivity index (χ4v) is 6.75. The van der Waals surface area contributed by atoms with Crippen LogP contribution < -0.4 is 4.74 Å². The number of nitriles is 1. The van der Waals surface area contributed by atoms with Gasteiger partial charge in [0.15, 0.2) is 0 Å². The number of aliphatic imine (C=N–C) groups is 1. The summed E-state index contributed by atoms with van der Waals surface area (Å²) in [7, 11) is -3.10. The van der Waals surface area contributed by atoms with Gasteiger partial charge in [-0.15, -0.1) is 0 Å². The van der Waals surface area contributed by atoms with Gasteiger partial charge in [0, 0.05) is 49.0 Å². The smallest absolute Gasteiger partial charge is 0.326 e. The molecule has 0 saturated carbocycles. The Kier molecular flexibility index (Phi) is 11.9. The number of hydrogen-bond donors (Lipinski definition) is 0. The Morgan fingerprint density at radius 2 is 1.56 bits per heavy atom. The van der Waals surface area contributed by atoms with Crippen LogP contribution in [0.15, 0.2) is 71.7 Å². The van der Waals surface area contributed by atoms with Gasteiger partial charge in [0.25, 0.3) is 0 Å². The van der Waals surface area contributed by atoms with Crippen LogP contribution in [0, 0.1) is 11.3 Å². The van der Waals surface area contributed by atoms with Gasteiger partial charge in [-0.2, -0.15) is 5.26 Å². The number of sulfone groups is 1. The maximum Gasteiger partial charge on any atom is 0.326 e. The zero-order valence-corrected chi connectivity index (χ0v) is 29.3. The van der Waals surface area contributed by atoms with Crippen molar-refractivity contribution in [1.82, 2.24) is 14.7 Å². The average Bonchev–Trinajstić information content (AvgIpc) is 3.44. The second-order valence-electron chi connectivity index (χ2n) is 12.4. The Bertz CT molecular complexity index is 1780. The van der Waals surface area contributed by atoms with E-state index in [0.717, 1.165) is 16.7 Å². The Balaban J connectivity index is 0.00000520. The van der Waals surface area contributed by atoms with E-state index in [2.05, 4.69) is 11.0 Å². The molecule has 2 amide bonds. The highest BCUT2D eigenvalue weighted by molar-refractivity contribution is 7.90. The molecule has 3 aromatic rings. The molecule has 1 saturated heterocycles. The van der Waals surface area contributed by atoms with Gasteiger partial charge in [-0.25, -0.2) is 13.2 Å². The number of carbonyl (C=O) groups excluding carboxylic acids is 1. The largest absolute Gasteiger partial charge is 0.493 e. The monoisotopic (exact) mass is 711 g/mol. The molecule has 0 aromatic heterocycles. The summed E-state index contributed by atoms with van der Waals surface area (Å²) in [5.74, 6) is 1.06. The third-order valence-electron chi connectivity index (χ3n) is 8.64. The predicted molar refractivity (Wildman–Crippen MR) is 193 cm³/mol. The maximum absolute atomic E-state index is 14.8. The zero-order chi connectivity index (χ0) is 33.9. The second-order valence-corrected chi connectivity index (χ2v) is 15.6. The molecule has 0 aliphatic carbocycles. The quantitative estimate of drug-likeness (QED) is 0.233. The van der Waals surface area contributed by atoms with Gasteiger partial charge in [0.1, 0.15) is 27.5 Å². The van der Waals surface area contributed by atoms with E-state index in [1.54, 1.807) is 21.9 Å². The highest BCUT2D eigenvalue weighted by Crippen LogP contribution is 2.46. The van der Waals surface area contributed by atoms with E-state index in [1.165, 1.54) is 6.26 Å². The molecule has 2 heterocycles. The van der Waals surface area contributed by atoms with E-state index in [9.17, 15) is 18.5 Å². The summed E-state index contributed by atoms with van der Waals surface area (Å²) >= 11 is 12.6. The van der Waals surface area contributed by atoms with E-state index < -0.39 is 27.3 Å². The van der Waals surface area contributed by atoms with Crippen LogP contribution in [-0.4, -0.2) is 86.3 Å². The molecule has 0 spiro atoms. The number of halogens is 2. The minimum Gasteiger partial charge on any atom is -0.493 e. The molecular formula is C36H43Cl2N5O4S. The highest BCUT2D eigenvalue weighted by Gasteiger charge is 2.45. The number of rotatable bonds is 9. The molecule has 12 heteroatoms. The Morgan fingerprint density at radius 3 is 2.10 bits per heavy atom. The third-order valence-corrected chi connectivity index (χ3v) is 10.1. The summed E-state index contributed by atoms with van der Waals surface area (Å²) in [6.07, 6.45) is 1.23. The molecule has 0 bridgehead atoms. The summed E-state index contributed by atoms with van der Waals surface area (Å²) in [5, 5.41) is 11.1. The van der Waals surface area contributed by atoms with Crippen molar-refractivity contribution in [1.29, 1.82) is 5.26 Å². The number of benzene rings is 3. The molecule has 256 valence electrons. The van der Waals surface area contributed by atoms with Crippen LogP contribution in [0.1, 0.15) is 62.5 Å². The van der Waals surface area contributed by atoms with Gasteiger partial charge in [-0.1, -0.05) is 61.0 Å². The first kappa shape index (κ1) is 37.2. The number of carbonyl (C=O) groups is 1. The lowest BCUT2D eigenvalue weighted by atomic mass is 9.85. The third kappa shape index (κ3) is 8.32. The van der Waals surface area contributed by atoms with Crippen LogP contribution in [0.5, 0.6) is 5.75 Å². The fraction of sp³-hybridized carbons (Fsp3) is 0.417. The van der Waals surface area contributed by atoms with Gasteiger partial charge in [-0.05, 0) is 73.9 Å². The van der Waals surface area contributed by atoms with E-state index in [-0.39, 0.29) is 19.2 Å². The molecule has 3 aromatic carbocycles. The van der Waals surface area contributed by atoms with Crippen molar-refractivity contribution in [3.63, 3.8) is 0 Å². The average molecular weight is 713 g/mol. The minimum absolute atomic E-state index is 0. The first-order chi connectivity index (χ1) is 22.3. The van der Waals surface area contributed by atoms with Crippen molar-refractivity contribution in [2.24, 2.45) is 4.99 Å². The number of hydrogen-bond acceptors (Lipinski definition) is 7. The molecule has 48 heavy (non-hydrogen) atoms. The van der Waals surface area contributed by atoms with Crippen molar-refractivity contribution in [3.8, 4) is 11.8 Å². The molecule has 0 unspecified atom stereocenters. The molecule has 0 N–H and O–H groups in total. The Morgan fingerprint density at radius 1 is 0.979 bits per heavy atom. The van der Waals surface area contributed by atoms with Crippen LogP contribution in [0.25, 0.3) is 0 Å². The second kappa shape index (κ2) is 15.3. The summed E-state index contributed by atoms with van der Waals surface area (Å²) in [6.45, 7) is 8.34. The number of urea groups is 1. The van der Waals surface area contributed by atoms with Gasteiger partial charge < -0.3 is 9.64 Å². The molecule has 2 aliphatic rings. The van der Waals surface area contributed by atoms with Gasteiger partial charge in [0.2, 0.25) is 0 Å². The first-order valence-corrected chi connectivity index (χ1v) is 18.4. The lowest BCUT2D eigenvalue weighted by molar-refractivity contribution is 0.122. The lowest BCUT2D eigenvalue weighted by Gasteiger charge is -2.39. The minimum atomic E-state index is -3.10. The number of ether oxygens (including phenoxy) is 1. The number of amidine groups is 1. The molecule has 5 rings (SSSR count). The normalized spacial score (nSPS) is 18.6. The number of nitrogens with zero attached hydrogens (tertiary/aromatic N) is 5. The van der Waals surface area contributed by atoms with Crippen LogP contribution in [0.3, 0.4) is 0 Å². The SMILES string of the molecule is C.CCOc1ccc(C(C)(C)C#N)cc1C1=N[C@@H](c2ccc(Cl)cc2)[C@@H](c2ccc(Cl)cc2)N1C(=O)N1CCN(CCS(C)(=O)=O)CC1. The highest BCUT2D eigenvalue weighted by atomic mass is 35.5. The van der Waals surface area contributed by atoms with Crippen molar-refractivity contribution >= 4 is 44.9 Å². The molecule has 2 aliphatic heterocycles. The van der Waals surface area contributed by atoms with Crippen molar-refractivity contribution < 1.29 is 17.9 Å². The molecule has 0 radical (unpaired) electrons. The molecule has 9 nitrogen and oxygen atoms in total. The van der Waals surface area contributed by atoms with Crippen LogP contribution in [0.4, 0.5) is 4.79 Å². The summed E-state index contributed by atoms with van der Waals surface area (Å²) in [4.78, 5) is 25.7.